The molecule has 37 heavy (non-hydrogen) atoms. The van der Waals surface area contributed by atoms with Gasteiger partial charge in [0.25, 0.3) is 0 Å². The summed E-state index contributed by atoms with van der Waals surface area (Å²) in [6.07, 6.45) is -3.45. The first-order valence-corrected chi connectivity index (χ1v) is 12.0. The lowest BCUT2D eigenvalue weighted by atomic mass is 9.98. The van der Waals surface area contributed by atoms with E-state index in [1.807, 2.05) is 18.1 Å². The summed E-state index contributed by atoms with van der Waals surface area (Å²) >= 11 is 0. The molecule has 3 aromatic rings. The normalized spacial score (nSPS) is 15.5. The third-order valence-corrected chi connectivity index (χ3v) is 7.13. The van der Waals surface area contributed by atoms with E-state index in [2.05, 4.69) is 6.92 Å². The van der Waals surface area contributed by atoms with Crippen LogP contribution < -0.4 is 9.80 Å². The fourth-order valence-electron chi connectivity index (χ4n) is 4.98. The quantitative estimate of drug-likeness (QED) is 0.189. The number of nitrogens with zero attached hydrogens (tertiary/aromatic N) is 4. The number of para-hydroxylation sites is 1. The Bertz CT molecular complexity index is 1270. The number of benzene rings is 2. The lowest BCUT2D eigenvalue weighted by Crippen LogP contribution is -2.35. The number of rotatable bonds is 6. The van der Waals surface area contributed by atoms with Gasteiger partial charge in [-0.3, -0.25) is 4.90 Å². The van der Waals surface area contributed by atoms with Crippen molar-refractivity contribution in [1.29, 1.82) is 5.26 Å². The van der Waals surface area contributed by atoms with E-state index < -0.39 is 30.0 Å². The van der Waals surface area contributed by atoms with E-state index in [-0.39, 0.29) is 17.7 Å². The molecule has 1 aliphatic rings. The number of nitriles is 1. The van der Waals surface area contributed by atoms with Crippen LogP contribution in [0, 0.1) is 17.4 Å². The van der Waals surface area contributed by atoms with Crippen molar-refractivity contribution < 1.29 is 26.3 Å². The van der Waals surface area contributed by atoms with Gasteiger partial charge in [0.15, 0.2) is 6.19 Å². The second-order valence-electron chi connectivity index (χ2n) is 9.51. The molecular formula is C27H26F6N4. The number of fused-ring (bicyclic) bond motifs is 1. The van der Waals surface area contributed by atoms with E-state index in [9.17, 15) is 31.6 Å². The molecule has 2 aromatic carbocycles. The molecule has 1 unspecified atom stereocenters. The first-order valence-electron chi connectivity index (χ1n) is 12.0. The molecule has 0 aliphatic heterocycles. The van der Waals surface area contributed by atoms with Gasteiger partial charge in [-0.2, -0.15) is 31.6 Å². The van der Waals surface area contributed by atoms with Gasteiger partial charge in [-0.05, 0) is 55.5 Å². The van der Waals surface area contributed by atoms with Gasteiger partial charge in [0.05, 0.1) is 28.9 Å². The topological polar surface area (TPSA) is 43.2 Å². The molecule has 1 saturated carbocycles. The Balaban J connectivity index is 1.77. The van der Waals surface area contributed by atoms with Crippen LogP contribution in [0.1, 0.15) is 49.3 Å². The zero-order valence-electron chi connectivity index (χ0n) is 20.4. The number of pyridine rings is 1. The molecule has 0 bridgehead atoms. The SMILES string of the molecule is CC(C1CCCC1)N(C)c1cc(N(C#N)Cc2cc(C(F)(F)F)cc(C(F)(F)F)c2)c2ccccc2n1. The van der Waals surface area contributed by atoms with Crippen LogP contribution in [0.15, 0.2) is 48.5 Å². The number of hydrogen-bond acceptors (Lipinski definition) is 4. The number of halogens is 6. The summed E-state index contributed by atoms with van der Waals surface area (Å²) in [5.74, 6) is 1.06. The highest BCUT2D eigenvalue weighted by Gasteiger charge is 2.37. The van der Waals surface area contributed by atoms with Gasteiger partial charge in [0.2, 0.25) is 0 Å². The Kier molecular flexibility index (Phi) is 7.27. The van der Waals surface area contributed by atoms with E-state index in [0.717, 1.165) is 17.7 Å². The minimum Gasteiger partial charge on any atom is -0.357 e. The van der Waals surface area contributed by atoms with Crippen LogP contribution in [0.3, 0.4) is 0 Å². The van der Waals surface area contributed by atoms with Crippen LogP contribution in [0.5, 0.6) is 0 Å². The summed E-state index contributed by atoms with van der Waals surface area (Å²) in [6, 6.07) is 10.2. The molecule has 1 aromatic heterocycles. The van der Waals surface area contributed by atoms with E-state index in [4.69, 9.17) is 4.98 Å². The van der Waals surface area contributed by atoms with Crippen LogP contribution in [-0.4, -0.2) is 18.1 Å². The van der Waals surface area contributed by atoms with E-state index in [0.29, 0.717) is 40.5 Å². The summed E-state index contributed by atoms with van der Waals surface area (Å²) in [7, 11) is 1.91. The summed E-state index contributed by atoms with van der Waals surface area (Å²) in [6.45, 7) is 1.63. The maximum Gasteiger partial charge on any atom is 0.416 e. The molecule has 1 heterocycles. The van der Waals surface area contributed by atoms with Gasteiger partial charge in [0.1, 0.15) is 5.82 Å². The predicted octanol–water partition coefficient (Wildman–Crippen LogP) is 7.77. The molecule has 0 saturated heterocycles. The van der Waals surface area contributed by atoms with Gasteiger partial charge >= 0.3 is 12.4 Å². The summed E-state index contributed by atoms with van der Waals surface area (Å²) < 4.78 is 80.2. The standard InChI is InChI=1S/C27H26F6N4/c1-17(19-7-3-4-8-19)36(2)25-14-24(22-9-5-6-10-23(22)35-25)37(16-34)15-18-11-20(26(28,29)30)13-21(12-18)27(31,32)33/h5-6,9-14,17,19H,3-4,7-8,15H2,1-2H3. The molecular weight excluding hydrogens is 494 g/mol. The van der Waals surface area contributed by atoms with Crippen molar-refractivity contribution in [2.24, 2.45) is 5.92 Å². The van der Waals surface area contributed by atoms with Crippen LogP contribution in [0.4, 0.5) is 37.8 Å². The Morgan fingerprint density at radius 3 is 2.14 bits per heavy atom. The van der Waals surface area contributed by atoms with Crippen LogP contribution in [0.25, 0.3) is 10.9 Å². The second-order valence-corrected chi connectivity index (χ2v) is 9.51. The van der Waals surface area contributed by atoms with Gasteiger partial charge in [-0.25, -0.2) is 4.98 Å². The molecule has 10 heteroatoms. The lowest BCUT2D eigenvalue weighted by molar-refractivity contribution is -0.143. The first-order chi connectivity index (χ1) is 17.4. The first kappa shape index (κ1) is 26.6. The maximum atomic E-state index is 13.4. The van der Waals surface area contributed by atoms with Gasteiger partial charge in [0, 0.05) is 24.5 Å². The largest absolute Gasteiger partial charge is 0.416 e. The summed E-state index contributed by atoms with van der Waals surface area (Å²) in [5, 5.41) is 10.5. The molecule has 1 aliphatic carbocycles. The second kappa shape index (κ2) is 10.1. The van der Waals surface area contributed by atoms with Gasteiger partial charge in [-0.15, -0.1) is 0 Å². The smallest absolute Gasteiger partial charge is 0.357 e. The average molecular weight is 521 g/mol. The van der Waals surface area contributed by atoms with Crippen molar-refractivity contribution in [3.8, 4) is 6.19 Å². The van der Waals surface area contributed by atoms with Gasteiger partial charge < -0.3 is 4.90 Å². The van der Waals surface area contributed by atoms with Crippen molar-refractivity contribution in [2.75, 3.05) is 16.8 Å². The highest BCUT2D eigenvalue weighted by atomic mass is 19.4. The lowest BCUT2D eigenvalue weighted by Gasteiger charge is -2.31. The van der Waals surface area contributed by atoms with E-state index in [1.54, 1.807) is 30.3 Å². The van der Waals surface area contributed by atoms with Gasteiger partial charge in [-0.1, -0.05) is 31.0 Å². The number of anilines is 2. The third-order valence-electron chi connectivity index (χ3n) is 7.13. The number of aromatic nitrogens is 1. The van der Waals surface area contributed by atoms with Crippen molar-refractivity contribution in [3.05, 3.63) is 65.2 Å². The minimum absolute atomic E-state index is 0.0829. The van der Waals surface area contributed by atoms with Crippen LogP contribution in [-0.2, 0) is 18.9 Å². The molecule has 1 fully saturated rings. The number of alkyl halides is 6. The summed E-state index contributed by atoms with van der Waals surface area (Å²) in [5.41, 5.74) is -2.18. The molecule has 4 rings (SSSR count). The van der Waals surface area contributed by atoms with E-state index >= 15 is 0 Å². The fourth-order valence-corrected chi connectivity index (χ4v) is 4.98. The van der Waals surface area contributed by atoms with Crippen LogP contribution >= 0.6 is 0 Å². The maximum absolute atomic E-state index is 13.4. The van der Waals surface area contributed by atoms with E-state index in [1.165, 1.54) is 12.8 Å². The molecule has 196 valence electrons. The monoisotopic (exact) mass is 520 g/mol. The van der Waals surface area contributed by atoms with Crippen molar-refractivity contribution in [3.63, 3.8) is 0 Å². The molecule has 0 radical (unpaired) electrons. The predicted molar refractivity (Wildman–Crippen MR) is 130 cm³/mol. The Morgan fingerprint density at radius 1 is 0.973 bits per heavy atom. The van der Waals surface area contributed by atoms with Crippen molar-refractivity contribution in [1.82, 2.24) is 4.98 Å². The molecule has 0 N–H and O–H groups in total. The molecule has 0 amide bonds. The average Bonchev–Trinajstić information content (AvgIpc) is 3.39. The molecule has 1 atom stereocenters. The van der Waals surface area contributed by atoms with Crippen molar-refractivity contribution in [2.45, 2.75) is 57.5 Å². The summed E-state index contributed by atoms with van der Waals surface area (Å²) in [4.78, 5) is 7.87. The zero-order valence-corrected chi connectivity index (χ0v) is 20.4. The Labute approximate surface area is 211 Å². The van der Waals surface area contributed by atoms with Crippen molar-refractivity contribution >= 4 is 22.4 Å². The zero-order chi connectivity index (χ0) is 27.0. The Hall–Kier alpha value is -3.48. The fraction of sp³-hybridized carbons (Fsp3) is 0.407. The number of hydrogen-bond donors (Lipinski definition) is 0. The Morgan fingerprint density at radius 2 is 1.57 bits per heavy atom. The van der Waals surface area contributed by atoms with Crippen LogP contribution in [0.2, 0.25) is 0 Å². The molecule has 0 spiro atoms. The molecule has 4 nitrogen and oxygen atoms in total. The highest BCUT2D eigenvalue weighted by molar-refractivity contribution is 5.94. The minimum atomic E-state index is -4.97. The third kappa shape index (κ3) is 5.76. The highest BCUT2D eigenvalue weighted by Crippen LogP contribution is 2.38.